The maximum Gasteiger partial charge on any atom is 0.284 e. The summed E-state index contributed by atoms with van der Waals surface area (Å²) in [6.45, 7) is 0.685. The second kappa shape index (κ2) is 7.90. The second-order valence-corrected chi connectivity index (χ2v) is 5.41. The predicted octanol–water partition coefficient (Wildman–Crippen LogP) is 3.93. The van der Waals surface area contributed by atoms with E-state index in [0.717, 1.165) is 0 Å². The Morgan fingerprint density at radius 1 is 1.18 bits per heavy atom. The summed E-state index contributed by atoms with van der Waals surface area (Å²) in [5, 5.41) is 13.9. The third-order valence-electron chi connectivity index (χ3n) is 2.87. The molecule has 0 amide bonds. The first-order valence-electron chi connectivity index (χ1n) is 6.46. The van der Waals surface area contributed by atoms with Gasteiger partial charge >= 0.3 is 0 Å². The number of halogens is 2. The summed E-state index contributed by atoms with van der Waals surface area (Å²) >= 11 is 0.501. The molecule has 0 radical (unpaired) electrons. The summed E-state index contributed by atoms with van der Waals surface area (Å²) in [6.07, 6.45) is 0. The molecule has 2 aromatic rings. The molecular weight excluding hydrogens is 314 g/mol. The van der Waals surface area contributed by atoms with E-state index < -0.39 is 10.7 Å². The number of benzene rings is 1. The van der Waals surface area contributed by atoms with E-state index in [1.54, 1.807) is 30.3 Å². The highest BCUT2D eigenvalue weighted by atomic mass is 32.2. The Balaban J connectivity index is 1.85. The molecule has 1 heterocycles. The van der Waals surface area contributed by atoms with E-state index in [2.05, 4.69) is 5.32 Å². The van der Waals surface area contributed by atoms with Crippen molar-refractivity contribution in [1.29, 1.82) is 0 Å². The van der Waals surface area contributed by atoms with Gasteiger partial charge in [-0.25, -0.2) is 0 Å². The van der Waals surface area contributed by atoms with Crippen LogP contribution >= 0.6 is 11.8 Å². The fourth-order valence-electron chi connectivity index (χ4n) is 1.90. The molecule has 0 saturated carbocycles. The molecule has 5 nitrogen and oxygen atoms in total. The third kappa shape index (κ3) is 4.81. The Morgan fingerprint density at radius 3 is 2.64 bits per heavy atom. The SMILES string of the molecule is O=[N+]([O-])c1ccccc1CNCc1ccc(CSC(F)F)o1. The Bertz CT molecular complexity index is 634. The van der Waals surface area contributed by atoms with Crippen molar-refractivity contribution in [1.82, 2.24) is 5.32 Å². The fraction of sp³-hybridized carbons (Fsp3) is 0.286. The van der Waals surface area contributed by atoms with Crippen LogP contribution < -0.4 is 5.32 Å². The van der Waals surface area contributed by atoms with Crippen molar-refractivity contribution in [2.24, 2.45) is 0 Å². The Labute approximate surface area is 129 Å². The van der Waals surface area contributed by atoms with Crippen LogP contribution in [0.2, 0.25) is 0 Å². The van der Waals surface area contributed by atoms with Gasteiger partial charge in [0.15, 0.2) is 0 Å². The zero-order valence-corrected chi connectivity index (χ0v) is 12.3. The third-order valence-corrected chi connectivity index (χ3v) is 3.58. The lowest BCUT2D eigenvalue weighted by atomic mass is 10.2. The van der Waals surface area contributed by atoms with Crippen LogP contribution in [-0.4, -0.2) is 10.7 Å². The molecule has 0 fully saturated rings. The number of nitro benzene ring substituents is 1. The molecule has 0 spiro atoms. The minimum absolute atomic E-state index is 0.0588. The molecule has 1 aromatic heterocycles. The van der Waals surface area contributed by atoms with Crippen molar-refractivity contribution in [3.63, 3.8) is 0 Å². The van der Waals surface area contributed by atoms with Crippen LogP contribution in [0, 0.1) is 10.1 Å². The van der Waals surface area contributed by atoms with Crippen molar-refractivity contribution in [2.75, 3.05) is 0 Å². The number of alkyl halides is 2. The lowest BCUT2D eigenvalue weighted by Crippen LogP contribution is -2.13. The Kier molecular flexibility index (Phi) is 5.91. The summed E-state index contributed by atoms with van der Waals surface area (Å²) in [5.74, 6) is -1.23. The molecule has 0 aliphatic rings. The lowest BCUT2D eigenvalue weighted by molar-refractivity contribution is -0.385. The number of nitro groups is 1. The number of hydrogen-bond donors (Lipinski definition) is 1. The van der Waals surface area contributed by atoms with Gasteiger partial charge in [-0.2, -0.15) is 8.78 Å². The van der Waals surface area contributed by atoms with E-state index in [1.165, 1.54) is 6.07 Å². The maximum atomic E-state index is 12.1. The number of thioether (sulfide) groups is 1. The van der Waals surface area contributed by atoms with Crippen LogP contribution in [-0.2, 0) is 18.8 Å². The zero-order chi connectivity index (χ0) is 15.9. The van der Waals surface area contributed by atoms with Gasteiger partial charge in [0.1, 0.15) is 11.5 Å². The van der Waals surface area contributed by atoms with Crippen LogP contribution in [0.1, 0.15) is 17.1 Å². The zero-order valence-electron chi connectivity index (χ0n) is 11.5. The van der Waals surface area contributed by atoms with Gasteiger partial charge in [-0.3, -0.25) is 10.1 Å². The number of furan rings is 1. The first-order chi connectivity index (χ1) is 10.6. The standard InChI is InChI=1S/C14H14F2N2O3S/c15-14(16)22-9-12-6-5-11(21-12)8-17-7-10-3-1-2-4-13(10)18(19)20/h1-6,14,17H,7-9H2. The summed E-state index contributed by atoms with van der Waals surface area (Å²) in [6, 6.07) is 9.82. The topological polar surface area (TPSA) is 68.3 Å². The van der Waals surface area contributed by atoms with Gasteiger partial charge in [0.25, 0.3) is 11.4 Å². The smallest absolute Gasteiger partial charge is 0.284 e. The van der Waals surface area contributed by atoms with Crippen molar-refractivity contribution >= 4 is 17.4 Å². The minimum Gasteiger partial charge on any atom is -0.464 e. The van der Waals surface area contributed by atoms with E-state index in [-0.39, 0.29) is 11.4 Å². The molecule has 0 saturated heterocycles. The monoisotopic (exact) mass is 328 g/mol. The van der Waals surface area contributed by atoms with Gasteiger partial charge in [-0.15, -0.1) is 0 Å². The molecule has 1 N–H and O–H groups in total. The molecule has 2 rings (SSSR count). The molecular formula is C14H14F2N2O3S. The van der Waals surface area contributed by atoms with Crippen molar-refractivity contribution in [3.05, 3.63) is 63.6 Å². The molecule has 0 unspecified atom stereocenters. The first kappa shape index (κ1) is 16.4. The van der Waals surface area contributed by atoms with Crippen LogP contribution in [0.25, 0.3) is 0 Å². The van der Waals surface area contributed by atoms with Gasteiger partial charge in [-0.1, -0.05) is 30.0 Å². The van der Waals surface area contributed by atoms with E-state index in [4.69, 9.17) is 4.42 Å². The van der Waals surface area contributed by atoms with Crippen molar-refractivity contribution in [3.8, 4) is 0 Å². The second-order valence-electron chi connectivity index (χ2n) is 4.43. The molecule has 118 valence electrons. The first-order valence-corrected chi connectivity index (χ1v) is 7.51. The summed E-state index contributed by atoms with van der Waals surface area (Å²) in [5.41, 5.74) is 0.635. The molecule has 0 aliphatic heterocycles. The van der Waals surface area contributed by atoms with Crippen LogP contribution in [0.15, 0.2) is 40.8 Å². The highest BCUT2D eigenvalue weighted by Gasteiger charge is 2.12. The summed E-state index contributed by atoms with van der Waals surface area (Å²) in [4.78, 5) is 10.5. The number of hydrogen-bond acceptors (Lipinski definition) is 5. The number of rotatable bonds is 8. The Hall–Kier alpha value is -1.93. The molecule has 0 bridgehead atoms. The average molecular weight is 328 g/mol. The summed E-state index contributed by atoms with van der Waals surface area (Å²) in [7, 11) is 0. The molecule has 8 heteroatoms. The van der Waals surface area contributed by atoms with Gasteiger partial charge in [0.2, 0.25) is 0 Å². The average Bonchev–Trinajstić information content (AvgIpc) is 2.93. The number of para-hydroxylation sites is 1. The maximum absolute atomic E-state index is 12.1. The van der Waals surface area contributed by atoms with Crippen LogP contribution in [0.4, 0.5) is 14.5 Å². The van der Waals surface area contributed by atoms with Gasteiger partial charge in [-0.05, 0) is 12.1 Å². The summed E-state index contributed by atoms with van der Waals surface area (Å²) < 4.78 is 29.5. The van der Waals surface area contributed by atoms with E-state index >= 15 is 0 Å². The molecule has 22 heavy (non-hydrogen) atoms. The highest BCUT2D eigenvalue weighted by molar-refractivity contribution is 7.98. The van der Waals surface area contributed by atoms with Crippen LogP contribution in [0.5, 0.6) is 0 Å². The molecule has 1 aromatic carbocycles. The largest absolute Gasteiger partial charge is 0.464 e. The van der Waals surface area contributed by atoms with E-state index in [9.17, 15) is 18.9 Å². The van der Waals surface area contributed by atoms with Crippen molar-refractivity contribution in [2.45, 2.75) is 24.6 Å². The van der Waals surface area contributed by atoms with Crippen molar-refractivity contribution < 1.29 is 18.1 Å². The van der Waals surface area contributed by atoms with Gasteiger partial charge < -0.3 is 9.73 Å². The fourth-order valence-corrected chi connectivity index (χ4v) is 2.34. The normalized spacial score (nSPS) is 11.0. The lowest BCUT2D eigenvalue weighted by Gasteiger charge is -2.04. The quantitative estimate of drug-likeness (QED) is 0.587. The van der Waals surface area contributed by atoms with E-state index in [0.29, 0.717) is 41.9 Å². The number of nitrogens with zero attached hydrogens (tertiary/aromatic N) is 1. The minimum atomic E-state index is -2.43. The highest BCUT2D eigenvalue weighted by Crippen LogP contribution is 2.21. The van der Waals surface area contributed by atoms with Gasteiger partial charge in [0.05, 0.1) is 17.2 Å². The Morgan fingerprint density at radius 2 is 1.91 bits per heavy atom. The van der Waals surface area contributed by atoms with Gasteiger partial charge in [0, 0.05) is 18.2 Å². The molecule has 0 atom stereocenters. The predicted molar refractivity (Wildman–Crippen MR) is 79.6 cm³/mol. The number of nitrogens with one attached hydrogen (secondary N) is 1. The van der Waals surface area contributed by atoms with E-state index in [1.807, 2.05) is 0 Å². The van der Waals surface area contributed by atoms with Crippen LogP contribution in [0.3, 0.4) is 0 Å². The molecule has 0 aliphatic carbocycles.